The van der Waals surface area contributed by atoms with Gasteiger partial charge >= 0.3 is 0 Å². The van der Waals surface area contributed by atoms with Crippen molar-refractivity contribution in [3.8, 4) is 0 Å². The van der Waals surface area contributed by atoms with E-state index in [1.165, 1.54) is 7.05 Å². The normalized spacial score (nSPS) is 22.9. The molecule has 1 rings (SSSR count). The quantitative estimate of drug-likeness (QED) is 0.417. The van der Waals surface area contributed by atoms with E-state index in [4.69, 9.17) is 5.11 Å². The molecular formula is C5H5NO3S. The number of imide groups is 1. The number of carbonyl (C=O) groups excluding carboxylic acids is 2. The maximum atomic E-state index is 10.8. The van der Waals surface area contributed by atoms with Gasteiger partial charge in [0.2, 0.25) is 0 Å². The van der Waals surface area contributed by atoms with E-state index in [-0.39, 0.29) is 10.1 Å². The molecule has 4 nitrogen and oxygen atoms in total. The van der Waals surface area contributed by atoms with Gasteiger partial charge in [-0.2, -0.15) is 0 Å². The maximum Gasteiger partial charge on any atom is 0.293 e. The number of carbonyl (C=O) groups is 2. The van der Waals surface area contributed by atoms with Gasteiger partial charge in [-0.25, -0.2) is 0 Å². The third-order valence-electron chi connectivity index (χ3n) is 1.10. The Labute approximate surface area is 61.5 Å². The van der Waals surface area contributed by atoms with Crippen LogP contribution in [0, 0.1) is 0 Å². The first-order chi connectivity index (χ1) is 4.66. The van der Waals surface area contributed by atoms with Gasteiger partial charge in [-0.3, -0.25) is 14.5 Å². The van der Waals surface area contributed by atoms with E-state index in [0.717, 1.165) is 16.7 Å². The predicted molar refractivity (Wildman–Crippen MR) is 36.5 cm³/mol. The molecular weight excluding hydrogens is 154 g/mol. The van der Waals surface area contributed by atoms with Gasteiger partial charge in [0.15, 0.2) is 0 Å². The molecule has 1 heterocycles. The summed E-state index contributed by atoms with van der Waals surface area (Å²) >= 11 is 0.730. The molecule has 54 valence electrons. The van der Waals surface area contributed by atoms with Crippen molar-refractivity contribution >= 4 is 22.9 Å². The number of aliphatic hydroxyl groups is 1. The maximum absolute atomic E-state index is 10.8. The van der Waals surface area contributed by atoms with Gasteiger partial charge in [-0.05, 0) is 11.8 Å². The van der Waals surface area contributed by atoms with E-state index in [2.05, 4.69) is 0 Å². The van der Waals surface area contributed by atoms with Crippen molar-refractivity contribution in [2.24, 2.45) is 0 Å². The molecule has 1 fully saturated rings. The number of nitrogens with zero attached hydrogens (tertiary/aromatic N) is 1. The lowest BCUT2D eigenvalue weighted by molar-refractivity contribution is -0.121. The molecule has 1 N–H and O–H groups in total. The SMILES string of the molecule is CN1C(=O)S/C(=C\O)C1=O. The monoisotopic (exact) mass is 159 g/mol. The molecule has 0 aromatic rings. The Kier molecular flexibility index (Phi) is 1.67. The van der Waals surface area contributed by atoms with E-state index < -0.39 is 5.91 Å². The Morgan fingerprint density at radius 1 is 1.60 bits per heavy atom. The highest BCUT2D eigenvalue weighted by molar-refractivity contribution is 8.18. The van der Waals surface area contributed by atoms with Crippen molar-refractivity contribution < 1.29 is 14.7 Å². The van der Waals surface area contributed by atoms with Gasteiger partial charge in [0, 0.05) is 7.05 Å². The topological polar surface area (TPSA) is 57.6 Å². The molecule has 0 aromatic heterocycles. The molecule has 10 heavy (non-hydrogen) atoms. The summed E-state index contributed by atoms with van der Waals surface area (Å²) in [6, 6.07) is 0. The number of hydrogen-bond donors (Lipinski definition) is 1. The van der Waals surface area contributed by atoms with Crippen LogP contribution in [0.3, 0.4) is 0 Å². The Hall–Kier alpha value is -0.970. The van der Waals surface area contributed by atoms with Crippen LogP contribution in [-0.4, -0.2) is 28.2 Å². The summed E-state index contributed by atoms with van der Waals surface area (Å²) in [7, 11) is 1.37. The molecule has 0 saturated carbocycles. The van der Waals surface area contributed by atoms with Crippen LogP contribution in [-0.2, 0) is 4.79 Å². The van der Waals surface area contributed by atoms with Gasteiger partial charge < -0.3 is 5.11 Å². The standard InChI is InChI=1S/C5H5NO3S/c1-6-4(8)3(2-7)10-5(6)9/h2,7H,1H3/b3-2-. The number of thioether (sulfide) groups is 1. The Bertz CT molecular complexity index is 223. The summed E-state index contributed by atoms with van der Waals surface area (Å²) in [5.74, 6) is -0.447. The first kappa shape index (κ1) is 7.14. The van der Waals surface area contributed by atoms with Crippen LogP contribution in [0.1, 0.15) is 0 Å². The highest BCUT2D eigenvalue weighted by Gasteiger charge is 2.31. The number of likely N-dealkylation sites (N-methyl/N-ethyl adjacent to an activating group) is 1. The van der Waals surface area contributed by atoms with E-state index in [0.29, 0.717) is 6.26 Å². The zero-order valence-corrected chi connectivity index (χ0v) is 6.01. The number of rotatable bonds is 0. The highest BCUT2D eigenvalue weighted by atomic mass is 32.2. The van der Waals surface area contributed by atoms with E-state index in [1.54, 1.807) is 0 Å². The van der Waals surface area contributed by atoms with Crippen molar-refractivity contribution in [3.05, 3.63) is 11.2 Å². The Morgan fingerprint density at radius 3 is 2.40 bits per heavy atom. The van der Waals surface area contributed by atoms with Crippen LogP contribution in [0.25, 0.3) is 0 Å². The lowest BCUT2D eigenvalue weighted by atomic mass is 10.5. The highest BCUT2D eigenvalue weighted by Crippen LogP contribution is 2.28. The molecule has 1 saturated heterocycles. The van der Waals surface area contributed by atoms with Crippen molar-refractivity contribution in [3.63, 3.8) is 0 Å². The zero-order chi connectivity index (χ0) is 7.72. The predicted octanol–water partition coefficient (Wildman–Crippen LogP) is 0.711. The summed E-state index contributed by atoms with van der Waals surface area (Å²) in [6.45, 7) is 0. The fourth-order valence-corrected chi connectivity index (χ4v) is 1.22. The van der Waals surface area contributed by atoms with Gasteiger partial charge in [0.25, 0.3) is 11.1 Å². The molecule has 0 radical (unpaired) electrons. The van der Waals surface area contributed by atoms with Crippen molar-refractivity contribution in [2.75, 3.05) is 7.05 Å². The number of aliphatic hydroxyl groups excluding tert-OH is 1. The first-order valence-electron chi connectivity index (χ1n) is 2.51. The fraction of sp³-hybridized carbons (Fsp3) is 0.200. The van der Waals surface area contributed by atoms with Gasteiger partial charge in [-0.15, -0.1) is 0 Å². The fourth-order valence-electron chi connectivity index (χ4n) is 0.536. The lowest BCUT2D eigenvalue weighted by Crippen LogP contribution is -2.22. The van der Waals surface area contributed by atoms with E-state index in [1.807, 2.05) is 0 Å². The van der Waals surface area contributed by atoms with Gasteiger partial charge in [0.1, 0.15) is 4.91 Å². The second-order valence-corrected chi connectivity index (χ2v) is 2.72. The summed E-state index contributed by atoms with van der Waals surface area (Å²) in [4.78, 5) is 22.5. The van der Waals surface area contributed by atoms with Crippen LogP contribution in [0.2, 0.25) is 0 Å². The molecule has 0 aromatic carbocycles. The molecule has 0 spiro atoms. The summed E-state index contributed by atoms with van der Waals surface area (Å²) in [5.41, 5.74) is 0. The van der Waals surface area contributed by atoms with Crippen molar-refractivity contribution in [1.29, 1.82) is 0 Å². The van der Waals surface area contributed by atoms with E-state index >= 15 is 0 Å². The largest absolute Gasteiger partial charge is 0.514 e. The van der Waals surface area contributed by atoms with Crippen LogP contribution in [0.4, 0.5) is 4.79 Å². The van der Waals surface area contributed by atoms with Gasteiger partial charge in [-0.1, -0.05) is 0 Å². The molecule has 0 unspecified atom stereocenters. The van der Waals surface area contributed by atoms with Crippen LogP contribution in [0.15, 0.2) is 11.2 Å². The molecule has 0 atom stereocenters. The number of amides is 2. The second kappa shape index (κ2) is 2.34. The van der Waals surface area contributed by atoms with E-state index in [9.17, 15) is 9.59 Å². The molecule has 0 aliphatic carbocycles. The van der Waals surface area contributed by atoms with Crippen LogP contribution >= 0.6 is 11.8 Å². The minimum atomic E-state index is -0.447. The van der Waals surface area contributed by atoms with Gasteiger partial charge in [0.05, 0.1) is 6.26 Å². The molecule has 5 heteroatoms. The smallest absolute Gasteiger partial charge is 0.293 e. The minimum absolute atomic E-state index is 0.0764. The summed E-state index contributed by atoms with van der Waals surface area (Å²) < 4.78 is 0. The molecule has 0 bridgehead atoms. The van der Waals surface area contributed by atoms with Crippen LogP contribution < -0.4 is 0 Å². The minimum Gasteiger partial charge on any atom is -0.514 e. The average Bonchev–Trinajstić information content (AvgIpc) is 2.17. The molecule has 1 aliphatic heterocycles. The second-order valence-electron chi connectivity index (χ2n) is 1.73. The van der Waals surface area contributed by atoms with Crippen molar-refractivity contribution in [1.82, 2.24) is 4.90 Å². The van der Waals surface area contributed by atoms with Crippen LogP contribution in [0.5, 0.6) is 0 Å². The Balaban J connectivity index is 2.92. The lowest BCUT2D eigenvalue weighted by Gasteiger charge is -1.99. The third-order valence-corrected chi connectivity index (χ3v) is 2.05. The summed E-state index contributed by atoms with van der Waals surface area (Å²) in [6.07, 6.45) is 0.647. The number of hydrogen-bond acceptors (Lipinski definition) is 4. The first-order valence-corrected chi connectivity index (χ1v) is 3.32. The third kappa shape index (κ3) is 0.881. The summed E-state index contributed by atoms with van der Waals surface area (Å²) in [5, 5.41) is 8.03. The molecule has 1 aliphatic rings. The van der Waals surface area contributed by atoms with Crippen molar-refractivity contribution in [2.45, 2.75) is 0 Å². The zero-order valence-electron chi connectivity index (χ0n) is 5.20. The Morgan fingerprint density at radius 2 is 2.20 bits per heavy atom. The average molecular weight is 159 g/mol. The molecule has 2 amide bonds.